The average molecular weight is 257 g/mol. The predicted octanol–water partition coefficient (Wildman–Crippen LogP) is 3.37. The van der Waals surface area contributed by atoms with Gasteiger partial charge in [0.15, 0.2) is 0 Å². The highest BCUT2D eigenvalue weighted by molar-refractivity contribution is 5.79. The van der Waals surface area contributed by atoms with Crippen molar-refractivity contribution in [2.45, 2.75) is 6.54 Å². The van der Waals surface area contributed by atoms with Crippen LogP contribution in [0.4, 0.5) is 4.39 Å². The van der Waals surface area contributed by atoms with Gasteiger partial charge in [-0.1, -0.05) is 24.3 Å². The highest BCUT2D eigenvalue weighted by Gasteiger charge is 2.06. The Kier molecular flexibility index (Phi) is 4.07. The molecule has 19 heavy (non-hydrogen) atoms. The summed E-state index contributed by atoms with van der Waals surface area (Å²) < 4.78 is 13.8. The Morgan fingerprint density at radius 3 is 2.37 bits per heavy atom. The zero-order chi connectivity index (χ0) is 13.8. The smallest absolute Gasteiger partial charge is 0.150 e. The van der Waals surface area contributed by atoms with Crippen LogP contribution in [0.25, 0.3) is 11.1 Å². The number of hydrogen-bond acceptors (Lipinski definition) is 2. The number of benzene rings is 2. The van der Waals surface area contributed by atoms with Crippen molar-refractivity contribution in [2.24, 2.45) is 0 Å². The van der Waals surface area contributed by atoms with E-state index in [4.69, 9.17) is 0 Å². The molecule has 2 aromatic carbocycles. The number of rotatable bonds is 4. The fourth-order valence-corrected chi connectivity index (χ4v) is 1.99. The van der Waals surface area contributed by atoms with Gasteiger partial charge in [0, 0.05) is 17.7 Å². The van der Waals surface area contributed by atoms with Gasteiger partial charge in [0.1, 0.15) is 12.1 Å². The van der Waals surface area contributed by atoms with Gasteiger partial charge in [0.2, 0.25) is 0 Å². The molecule has 0 aliphatic rings. The highest BCUT2D eigenvalue weighted by Crippen LogP contribution is 2.24. The van der Waals surface area contributed by atoms with Crippen molar-refractivity contribution in [3.63, 3.8) is 0 Å². The van der Waals surface area contributed by atoms with Crippen LogP contribution in [0, 0.1) is 5.82 Å². The Labute approximate surface area is 112 Å². The number of nitrogens with zero attached hydrogens (tertiary/aromatic N) is 1. The molecule has 0 saturated carbocycles. The minimum Gasteiger partial charge on any atom is -0.305 e. The van der Waals surface area contributed by atoms with Crippen molar-refractivity contribution >= 4 is 6.29 Å². The number of carbonyl (C=O) groups is 1. The SMILES string of the molecule is CN(C)Cc1ccc(-c2cc(C=O)ccc2F)cc1. The molecule has 0 radical (unpaired) electrons. The third kappa shape index (κ3) is 3.26. The monoisotopic (exact) mass is 257 g/mol. The number of aldehydes is 1. The molecule has 2 aromatic rings. The number of carbonyl (C=O) groups excluding carboxylic acids is 1. The summed E-state index contributed by atoms with van der Waals surface area (Å²) in [5.41, 5.74) is 2.89. The Bertz CT molecular complexity index is 576. The van der Waals surface area contributed by atoms with E-state index in [0.717, 1.165) is 18.4 Å². The summed E-state index contributed by atoms with van der Waals surface area (Å²) in [6.45, 7) is 0.844. The van der Waals surface area contributed by atoms with Crippen LogP contribution in [0.5, 0.6) is 0 Å². The Hall–Kier alpha value is -2.00. The second-order valence-corrected chi connectivity index (χ2v) is 4.79. The molecule has 98 valence electrons. The molecule has 0 aromatic heterocycles. The van der Waals surface area contributed by atoms with E-state index in [1.54, 1.807) is 6.07 Å². The fraction of sp³-hybridized carbons (Fsp3) is 0.188. The van der Waals surface area contributed by atoms with Gasteiger partial charge in [-0.05, 0) is 43.4 Å². The molecule has 0 bridgehead atoms. The van der Waals surface area contributed by atoms with Gasteiger partial charge in [0.05, 0.1) is 0 Å². The van der Waals surface area contributed by atoms with Crippen LogP contribution < -0.4 is 0 Å². The average Bonchev–Trinajstić information content (AvgIpc) is 2.40. The molecular weight excluding hydrogens is 241 g/mol. The minimum atomic E-state index is -0.314. The van der Waals surface area contributed by atoms with Crippen LogP contribution in [-0.4, -0.2) is 25.3 Å². The Morgan fingerprint density at radius 2 is 1.79 bits per heavy atom. The van der Waals surface area contributed by atoms with Gasteiger partial charge in [0.25, 0.3) is 0 Å². The van der Waals surface area contributed by atoms with E-state index in [9.17, 15) is 9.18 Å². The lowest BCUT2D eigenvalue weighted by molar-refractivity contribution is 0.112. The van der Waals surface area contributed by atoms with Gasteiger partial charge < -0.3 is 4.90 Å². The lowest BCUT2D eigenvalue weighted by Gasteiger charge is -2.10. The van der Waals surface area contributed by atoms with Crippen molar-refractivity contribution < 1.29 is 9.18 Å². The topological polar surface area (TPSA) is 20.3 Å². The molecule has 0 N–H and O–H groups in total. The maximum atomic E-state index is 13.8. The summed E-state index contributed by atoms with van der Waals surface area (Å²) >= 11 is 0. The van der Waals surface area contributed by atoms with E-state index < -0.39 is 0 Å². The molecule has 0 unspecified atom stereocenters. The quantitative estimate of drug-likeness (QED) is 0.783. The maximum Gasteiger partial charge on any atom is 0.150 e. The van der Waals surface area contributed by atoms with E-state index in [2.05, 4.69) is 4.90 Å². The molecule has 2 rings (SSSR count). The third-order valence-corrected chi connectivity index (χ3v) is 2.89. The van der Waals surface area contributed by atoms with Crippen LogP contribution in [0.1, 0.15) is 15.9 Å². The molecule has 0 aliphatic heterocycles. The zero-order valence-corrected chi connectivity index (χ0v) is 11.1. The van der Waals surface area contributed by atoms with Crippen LogP contribution in [0.2, 0.25) is 0 Å². The van der Waals surface area contributed by atoms with Crippen molar-refractivity contribution in [3.8, 4) is 11.1 Å². The van der Waals surface area contributed by atoms with E-state index in [1.807, 2.05) is 38.4 Å². The molecule has 0 saturated heterocycles. The van der Waals surface area contributed by atoms with Gasteiger partial charge in [-0.3, -0.25) is 4.79 Å². The highest BCUT2D eigenvalue weighted by atomic mass is 19.1. The second kappa shape index (κ2) is 5.76. The third-order valence-electron chi connectivity index (χ3n) is 2.89. The van der Waals surface area contributed by atoms with E-state index in [-0.39, 0.29) is 5.82 Å². The van der Waals surface area contributed by atoms with Crippen molar-refractivity contribution in [2.75, 3.05) is 14.1 Å². The van der Waals surface area contributed by atoms with E-state index >= 15 is 0 Å². The van der Waals surface area contributed by atoms with Crippen molar-refractivity contribution in [1.82, 2.24) is 4.90 Å². The van der Waals surface area contributed by atoms with Crippen LogP contribution in [0.15, 0.2) is 42.5 Å². The van der Waals surface area contributed by atoms with Crippen molar-refractivity contribution in [3.05, 3.63) is 59.4 Å². The minimum absolute atomic E-state index is 0.314. The normalized spacial score (nSPS) is 10.7. The molecule has 0 atom stereocenters. The molecule has 0 heterocycles. The Balaban J connectivity index is 2.34. The van der Waals surface area contributed by atoms with Crippen LogP contribution in [0.3, 0.4) is 0 Å². The standard InChI is InChI=1S/C16H16FNO/c1-18(2)10-12-3-6-14(7-4-12)15-9-13(11-19)5-8-16(15)17/h3-9,11H,10H2,1-2H3. The molecule has 0 amide bonds. The van der Waals surface area contributed by atoms with Crippen LogP contribution >= 0.6 is 0 Å². The van der Waals surface area contributed by atoms with E-state index in [0.29, 0.717) is 11.1 Å². The first-order valence-electron chi connectivity index (χ1n) is 6.09. The zero-order valence-electron chi connectivity index (χ0n) is 11.1. The van der Waals surface area contributed by atoms with Crippen molar-refractivity contribution in [1.29, 1.82) is 0 Å². The van der Waals surface area contributed by atoms with Gasteiger partial charge in [-0.15, -0.1) is 0 Å². The lowest BCUT2D eigenvalue weighted by atomic mass is 10.0. The summed E-state index contributed by atoms with van der Waals surface area (Å²) in [5, 5.41) is 0. The first kappa shape index (κ1) is 13.4. The summed E-state index contributed by atoms with van der Waals surface area (Å²) in [5.74, 6) is -0.314. The second-order valence-electron chi connectivity index (χ2n) is 4.79. The number of hydrogen-bond donors (Lipinski definition) is 0. The van der Waals surface area contributed by atoms with E-state index in [1.165, 1.54) is 17.7 Å². The first-order valence-corrected chi connectivity index (χ1v) is 6.09. The summed E-state index contributed by atoms with van der Waals surface area (Å²) in [4.78, 5) is 12.8. The van der Waals surface area contributed by atoms with Gasteiger partial charge >= 0.3 is 0 Å². The molecule has 2 nitrogen and oxygen atoms in total. The largest absolute Gasteiger partial charge is 0.305 e. The molecule has 0 aliphatic carbocycles. The maximum absolute atomic E-state index is 13.8. The lowest BCUT2D eigenvalue weighted by Crippen LogP contribution is -2.10. The van der Waals surface area contributed by atoms with Gasteiger partial charge in [-0.2, -0.15) is 0 Å². The van der Waals surface area contributed by atoms with Gasteiger partial charge in [-0.25, -0.2) is 4.39 Å². The summed E-state index contributed by atoms with van der Waals surface area (Å²) in [6.07, 6.45) is 0.726. The first-order chi connectivity index (χ1) is 9.10. The van der Waals surface area contributed by atoms with Crippen LogP contribution in [-0.2, 0) is 6.54 Å². The summed E-state index contributed by atoms with van der Waals surface area (Å²) in [6, 6.07) is 12.1. The predicted molar refractivity (Wildman–Crippen MR) is 74.6 cm³/mol. The molecule has 0 spiro atoms. The molecule has 0 fully saturated rings. The summed E-state index contributed by atoms with van der Waals surface area (Å²) in [7, 11) is 4.00. The fourth-order valence-electron chi connectivity index (χ4n) is 1.99. The molecular formula is C16H16FNO. The Morgan fingerprint density at radius 1 is 1.11 bits per heavy atom. The number of halogens is 1. The molecule has 3 heteroatoms.